The minimum Gasteiger partial charge on any atom is -0.453 e. The van der Waals surface area contributed by atoms with Gasteiger partial charge in [-0.3, -0.25) is 4.79 Å². The van der Waals surface area contributed by atoms with Crippen LogP contribution in [0.5, 0.6) is 11.5 Å². The van der Waals surface area contributed by atoms with Crippen molar-refractivity contribution in [3.8, 4) is 22.8 Å². The molecule has 0 spiro atoms. The number of ether oxygens (including phenoxy) is 1. The van der Waals surface area contributed by atoms with Crippen LogP contribution in [-0.2, 0) is 0 Å². The maximum absolute atomic E-state index is 13.4. The monoisotopic (exact) mass is 401 g/mol. The van der Waals surface area contributed by atoms with Gasteiger partial charge in [-0.2, -0.15) is 0 Å². The van der Waals surface area contributed by atoms with Crippen molar-refractivity contribution < 1.29 is 4.74 Å². The first-order chi connectivity index (χ1) is 15.2. The quantitative estimate of drug-likeness (QED) is 0.305. The van der Waals surface area contributed by atoms with E-state index >= 15 is 0 Å². The topological polar surface area (TPSA) is 30.7 Å². The first-order valence-corrected chi connectivity index (χ1v) is 10.3. The van der Waals surface area contributed by atoms with Gasteiger partial charge in [0, 0.05) is 5.39 Å². The first kappa shape index (κ1) is 17.7. The van der Waals surface area contributed by atoms with E-state index in [2.05, 4.69) is 53.8 Å². The third-order valence-corrected chi connectivity index (χ3v) is 5.84. The molecule has 0 atom stereocenters. The van der Waals surface area contributed by atoms with Gasteiger partial charge in [-0.1, -0.05) is 66.2 Å². The molecule has 0 amide bonds. The molecular formula is C28H19NO2. The molecule has 0 saturated heterocycles. The van der Waals surface area contributed by atoms with Crippen LogP contribution in [0.15, 0.2) is 102 Å². The van der Waals surface area contributed by atoms with Crippen molar-refractivity contribution in [3.05, 3.63) is 113 Å². The molecule has 2 aromatic heterocycles. The number of rotatable bonds is 3. The Morgan fingerprint density at radius 3 is 2.29 bits per heavy atom. The molecule has 0 fully saturated rings. The third-order valence-electron chi connectivity index (χ3n) is 5.84. The summed E-state index contributed by atoms with van der Waals surface area (Å²) in [5.41, 5.74) is 5.20. The number of benzene rings is 4. The molecule has 6 aromatic rings. The molecule has 0 radical (unpaired) electrons. The van der Waals surface area contributed by atoms with Crippen molar-refractivity contribution in [2.75, 3.05) is 0 Å². The zero-order valence-corrected chi connectivity index (χ0v) is 17.0. The predicted molar refractivity (Wildman–Crippen MR) is 127 cm³/mol. The highest BCUT2D eigenvalue weighted by Gasteiger charge is 2.19. The molecule has 0 aliphatic rings. The van der Waals surface area contributed by atoms with Gasteiger partial charge in [0.15, 0.2) is 5.75 Å². The molecule has 0 bridgehead atoms. The number of hydrogen-bond acceptors (Lipinski definition) is 2. The number of para-hydroxylation sites is 2. The van der Waals surface area contributed by atoms with Crippen LogP contribution in [0.4, 0.5) is 0 Å². The summed E-state index contributed by atoms with van der Waals surface area (Å²) in [5, 5.41) is 2.77. The standard InChI is InChI=1S/C28H19NO2/c1-18-11-13-19(14-12-18)25-17-23-27-21(15-20-7-5-6-10-24(20)29(25)27)16-26(28(23)30)31-22-8-3-2-4-9-22/h2-17H,1H3. The molecule has 31 heavy (non-hydrogen) atoms. The molecule has 0 aliphatic heterocycles. The highest BCUT2D eigenvalue weighted by atomic mass is 16.5. The van der Waals surface area contributed by atoms with E-state index in [-0.39, 0.29) is 5.43 Å². The fraction of sp³-hybridized carbons (Fsp3) is 0.0357. The Morgan fingerprint density at radius 2 is 1.48 bits per heavy atom. The summed E-state index contributed by atoms with van der Waals surface area (Å²) in [6, 6.07) is 32.1. The maximum atomic E-state index is 13.4. The summed E-state index contributed by atoms with van der Waals surface area (Å²) in [6.45, 7) is 2.08. The fourth-order valence-electron chi connectivity index (χ4n) is 4.35. The summed E-state index contributed by atoms with van der Waals surface area (Å²) >= 11 is 0. The number of fused-ring (bicyclic) bond motifs is 2. The molecule has 3 nitrogen and oxygen atoms in total. The second-order valence-corrected chi connectivity index (χ2v) is 7.90. The Morgan fingerprint density at radius 1 is 0.742 bits per heavy atom. The van der Waals surface area contributed by atoms with Crippen LogP contribution in [0, 0.1) is 6.92 Å². The minimum atomic E-state index is -0.0949. The van der Waals surface area contributed by atoms with Crippen molar-refractivity contribution in [2.45, 2.75) is 6.92 Å². The highest BCUT2D eigenvalue weighted by molar-refractivity contribution is 6.06. The zero-order chi connectivity index (χ0) is 20.9. The van der Waals surface area contributed by atoms with E-state index in [1.165, 1.54) is 5.56 Å². The summed E-state index contributed by atoms with van der Waals surface area (Å²) in [4.78, 5) is 13.4. The molecule has 0 N–H and O–H groups in total. The van der Waals surface area contributed by atoms with Crippen LogP contribution in [0.2, 0.25) is 0 Å². The Hall–Kier alpha value is -4.11. The van der Waals surface area contributed by atoms with Crippen molar-refractivity contribution in [1.82, 2.24) is 4.40 Å². The lowest BCUT2D eigenvalue weighted by molar-refractivity contribution is 0.480. The molecular weight excluding hydrogens is 382 g/mol. The van der Waals surface area contributed by atoms with Gasteiger partial charge in [0.2, 0.25) is 5.43 Å². The number of pyridine rings is 1. The fourth-order valence-corrected chi connectivity index (χ4v) is 4.35. The SMILES string of the molecule is Cc1ccc(-c2cc3c(=O)c(Oc4ccccc4)cc4cc5ccccc5n2c43)cc1. The molecule has 4 aromatic carbocycles. The van der Waals surface area contributed by atoms with Gasteiger partial charge in [-0.25, -0.2) is 0 Å². The van der Waals surface area contributed by atoms with E-state index in [4.69, 9.17) is 4.74 Å². The lowest BCUT2D eigenvalue weighted by Gasteiger charge is -2.11. The normalized spacial score (nSPS) is 11.5. The summed E-state index contributed by atoms with van der Waals surface area (Å²) in [5.74, 6) is 0.998. The zero-order valence-electron chi connectivity index (χ0n) is 17.0. The van der Waals surface area contributed by atoms with E-state index in [1.54, 1.807) is 0 Å². The Kier molecular flexibility index (Phi) is 3.84. The second-order valence-electron chi connectivity index (χ2n) is 7.90. The van der Waals surface area contributed by atoms with Gasteiger partial charge >= 0.3 is 0 Å². The van der Waals surface area contributed by atoms with Crippen molar-refractivity contribution >= 4 is 27.2 Å². The van der Waals surface area contributed by atoms with Gasteiger partial charge in [0.1, 0.15) is 5.75 Å². The second kappa shape index (κ2) is 6.71. The predicted octanol–water partition coefficient (Wildman–Crippen LogP) is 6.81. The molecule has 3 heteroatoms. The molecule has 2 heterocycles. The Balaban J connectivity index is 1.71. The third kappa shape index (κ3) is 2.78. The van der Waals surface area contributed by atoms with Crippen LogP contribution >= 0.6 is 0 Å². The Labute approximate surface area is 179 Å². The lowest BCUT2D eigenvalue weighted by atomic mass is 10.1. The van der Waals surface area contributed by atoms with Gasteiger partial charge < -0.3 is 9.14 Å². The van der Waals surface area contributed by atoms with Gasteiger partial charge in [0.25, 0.3) is 0 Å². The average Bonchev–Trinajstić information content (AvgIpc) is 3.20. The number of aromatic nitrogens is 1. The van der Waals surface area contributed by atoms with Gasteiger partial charge in [-0.05, 0) is 54.3 Å². The van der Waals surface area contributed by atoms with Crippen LogP contribution in [-0.4, -0.2) is 4.40 Å². The van der Waals surface area contributed by atoms with Crippen molar-refractivity contribution in [1.29, 1.82) is 0 Å². The number of hydrogen-bond donors (Lipinski definition) is 0. The van der Waals surface area contributed by atoms with Crippen LogP contribution in [0.25, 0.3) is 38.4 Å². The minimum absolute atomic E-state index is 0.0949. The summed E-state index contributed by atoms with van der Waals surface area (Å²) in [6.07, 6.45) is 0. The molecule has 0 saturated carbocycles. The van der Waals surface area contributed by atoms with Gasteiger partial charge in [-0.15, -0.1) is 0 Å². The summed E-state index contributed by atoms with van der Waals surface area (Å²) < 4.78 is 8.21. The van der Waals surface area contributed by atoms with E-state index in [1.807, 2.05) is 54.6 Å². The lowest BCUT2D eigenvalue weighted by Crippen LogP contribution is -2.05. The van der Waals surface area contributed by atoms with E-state index in [0.717, 1.165) is 33.1 Å². The molecule has 6 rings (SSSR count). The smallest absolute Gasteiger partial charge is 0.230 e. The Bertz CT molecular complexity index is 1610. The average molecular weight is 401 g/mol. The van der Waals surface area contributed by atoms with E-state index in [9.17, 15) is 4.79 Å². The summed E-state index contributed by atoms with van der Waals surface area (Å²) in [7, 11) is 0. The molecule has 148 valence electrons. The van der Waals surface area contributed by atoms with Crippen LogP contribution in [0.3, 0.4) is 0 Å². The largest absolute Gasteiger partial charge is 0.453 e. The van der Waals surface area contributed by atoms with Crippen molar-refractivity contribution in [3.63, 3.8) is 0 Å². The van der Waals surface area contributed by atoms with E-state index < -0.39 is 0 Å². The number of aryl methyl sites for hydroxylation is 1. The maximum Gasteiger partial charge on any atom is 0.230 e. The van der Waals surface area contributed by atoms with Gasteiger partial charge in [0.05, 0.1) is 22.1 Å². The van der Waals surface area contributed by atoms with Crippen LogP contribution in [0.1, 0.15) is 5.56 Å². The number of nitrogens with zero attached hydrogens (tertiary/aromatic N) is 1. The molecule has 0 aliphatic carbocycles. The highest BCUT2D eigenvalue weighted by Crippen LogP contribution is 2.35. The van der Waals surface area contributed by atoms with Crippen LogP contribution < -0.4 is 10.2 Å². The molecule has 0 unspecified atom stereocenters. The van der Waals surface area contributed by atoms with Crippen molar-refractivity contribution in [2.24, 2.45) is 0 Å². The van der Waals surface area contributed by atoms with E-state index in [0.29, 0.717) is 16.9 Å². The first-order valence-electron chi connectivity index (χ1n) is 10.3.